The number of nitrogens with one attached hydrogen (secondary N) is 1. The van der Waals surface area contributed by atoms with E-state index in [4.69, 9.17) is 9.47 Å². The molecule has 0 heterocycles. The maximum Gasteiger partial charge on any atom is 0.407 e. The number of alkyl carbamates (subject to hydrolysis) is 1. The molecule has 0 aliphatic carbocycles. The highest BCUT2D eigenvalue weighted by atomic mass is 16.5. The van der Waals surface area contributed by atoms with Crippen LogP contribution in [0.1, 0.15) is 30.6 Å². The number of amides is 1. The lowest BCUT2D eigenvalue weighted by molar-refractivity contribution is 0.0183. The Kier molecular flexibility index (Phi) is 7.92. The molecule has 0 fully saturated rings. The Labute approximate surface area is 153 Å². The summed E-state index contributed by atoms with van der Waals surface area (Å²) in [5.41, 5.74) is 1.39. The molecule has 26 heavy (non-hydrogen) atoms. The summed E-state index contributed by atoms with van der Waals surface area (Å²) >= 11 is 0. The molecule has 2 unspecified atom stereocenters. The van der Waals surface area contributed by atoms with Crippen LogP contribution in [-0.2, 0) is 11.3 Å². The Morgan fingerprint density at radius 2 is 1.88 bits per heavy atom. The molecular formula is C20H25NO5. The zero-order valence-corrected chi connectivity index (χ0v) is 14.8. The minimum absolute atomic E-state index is 0.130. The first-order chi connectivity index (χ1) is 12.6. The van der Waals surface area contributed by atoms with Gasteiger partial charge in [-0.05, 0) is 29.7 Å². The maximum absolute atomic E-state index is 11.7. The number of aliphatic hydroxyl groups excluding tert-OH is 2. The van der Waals surface area contributed by atoms with E-state index in [1.54, 1.807) is 24.3 Å². The molecule has 3 N–H and O–H groups in total. The fourth-order valence-corrected chi connectivity index (χ4v) is 2.30. The van der Waals surface area contributed by atoms with Gasteiger partial charge in [-0.15, -0.1) is 0 Å². The van der Waals surface area contributed by atoms with Crippen LogP contribution < -0.4 is 10.1 Å². The van der Waals surface area contributed by atoms with E-state index >= 15 is 0 Å². The van der Waals surface area contributed by atoms with Crippen LogP contribution in [0.5, 0.6) is 5.75 Å². The van der Waals surface area contributed by atoms with E-state index in [1.165, 1.54) is 0 Å². The van der Waals surface area contributed by atoms with Crippen molar-refractivity contribution in [3.8, 4) is 5.75 Å². The fraction of sp³-hybridized carbons (Fsp3) is 0.350. The average molecular weight is 359 g/mol. The van der Waals surface area contributed by atoms with Crippen molar-refractivity contribution >= 4 is 6.09 Å². The third-order valence-electron chi connectivity index (χ3n) is 3.71. The van der Waals surface area contributed by atoms with Crippen molar-refractivity contribution in [3.05, 3.63) is 65.7 Å². The number of carbonyl (C=O) groups is 1. The lowest BCUT2D eigenvalue weighted by Crippen LogP contribution is -2.35. The van der Waals surface area contributed by atoms with E-state index in [9.17, 15) is 15.0 Å². The topological polar surface area (TPSA) is 88.0 Å². The summed E-state index contributed by atoms with van der Waals surface area (Å²) in [4.78, 5) is 11.7. The monoisotopic (exact) mass is 359 g/mol. The molecule has 2 aromatic carbocycles. The second-order valence-corrected chi connectivity index (χ2v) is 5.88. The van der Waals surface area contributed by atoms with E-state index in [0.29, 0.717) is 17.9 Å². The number of ether oxygens (including phenoxy) is 2. The number of rotatable bonds is 9. The van der Waals surface area contributed by atoms with E-state index in [1.807, 2.05) is 37.3 Å². The third kappa shape index (κ3) is 6.38. The van der Waals surface area contributed by atoms with Gasteiger partial charge in [0, 0.05) is 6.54 Å². The van der Waals surface area contributed by atoms with Gasteiger partial charge in [0.15, 0.2) is 0 Å². The van der Waals surface area contributed by atoms with Gasteiger partial charge in [-0.2, -0.15) is 0 Å². The molecule has 2 rings (SSSR count). The van der Waals surface area contributed by atoms with Crippen molar-refractivity contribution in [3.63, 3.8) is 0 Å². The number of aliphatic hydroxyl groups is 2. The van der Waals surface area contributed by atoms with Crippen molar-refractivity contribution < 1.29 is 24.5 Å². The minimum Gasteiger partial charge on any atom is -0.494 e. The van der Waals surface area contributed by atoms with Crippen LogP contribution in [0.4, 0.5) is 4.79 Å². The summed E-state index contributed by atoms with van der Waals surface area (Å²) in [7, 11) is 0. The molecule has 1 amide bonds. The highest BCUT2D eigenvalue weighted by molar-refractivity contribution is 5.67. The van der Waals surface area contributed by atoms with Crippen LogP contribution in [0.3, 0.4) is 0 Å². The molecule has 0 saturated heterocycles. The summed E-state index contributed by atoms with van der Waals surface area (Å²) in [6, 6.07) is 16.2. The average Bonchev–Trinajstić information content (AvgIpc) is 2.69. The maximum atomic E-state index is 11.7. The summed E-state index contributed by atoms with van der Waals surface area (Å²) in [5, 5.41) is 22.8. The molecular weight excluding hydrogens is 334 g/mol. The van der Waals surface area contributed by atoms with Crippen LogP contribution in [0.2, 0.25) is 0 Å². The molecule has 0 aliphatic heterocycles. The van der Waals surface area contributed by atoms with E-state index in [0.717, 1.165) is 12.0 Å². The Hall–Kier alpha value is -2.57. The van der Waals surface area contributed by atoms with Crippen molar-refractivity contribution in [2.24, 2.45) is 0 Å². The summed E-state index contributed by atoms with van der Waals surface area (Å²) in [6.07, 6.45) is -2.08. The lowest BCUT2D eigenvalue weighted by atomic mass is 10.0. The van der Waals surface area contributed by atoms with Gasteiger partial charge in [-0.25, -0.2) is 4.79 Å². The van der Waals surface area contributed by atoms with Gasteiger partial charge in [-0.1, -0.05) is 49.4 Å². The van der Waals surface area contributed by atoms with Crippen LogP contribution in [0.25, 0.3) is 0 Å². The quantitative estimate of drug-likeness (QED) is 0.641. The van der Waals surface area contributed by atoms with Gasteiger partial charge in [-0.3, -0.25) is 0 Å². The van der Waals surface area contributed by atoms with Crippen LogP contribution >= 0.6 is 0 Å². The summed E-state index contributed by atoms with van der Waals surface area (Å²) < 4.78 is 10.6. The summed E-state index contributed by atoms with van der Waals surface area (Å²) in [6.45, 7) is 2.60. The lowest BCUT2D eigenvalue weighted by Gasteiger charge is -2.19. The third-order valence-corrected chi connectivity index (χ3v) is 3.71. The molecule has 0 aromatic heterocycles. The van der Waals surface area contributed by atoms with Crippen molar-refractivity contribution in [2.45, 2.75) is 32.2 Å². The molecule has 0 bridgehead atoms. The van der Waals surface area contributed by atoms with E-state index in [2.05, 4.69) is 5.32 Å². The molecule has 0 radical (unpaired) electrons. The molecule has 0 spiro atoms. The van der Waals surface area contributed by atoms with Crippen LogP contribution in [0.15, 0.2) is 54.6 Å². The minimum atomic E-state index is -1.17. The van der Waals surface area contributed by atoms with Gasteiger partial charge >= 0.3 is 6.09 Å². The first kappa shape index (κ1) is 19.8. The first-order valence-electron chi connectivity index (χ1n) is 8.63. The highest BCUT2D eigenvalue weighted by Crippen LogP contribution is 2.22. The Bertz CT molecular complexity index is 677. The van der Waals surface area contributed by atoms with Crippen molar-refractivity contribution in [2.75, 3.05) is 13.2 Å². The molecule has 2 atom stereocenters. The van der Waals surface area contributed by atoms with Gasteiger partial charge in [0.25, 0.3) is 0 Å². The van der Waals surface area contributed by atoms with Gasteiger partial charge in [0.1, 0.15) is 24.6 Å². The van der Waals surface area contributed by atoms with Gasteiger partial charge < -0.3 is 25.0 Å². The fourth-order valence-electron chi connectivity index (χ4n) is 2.30. The van der Waals surface area contributed by atoms with Crippen molar-refractivity contribution in [1.82, 2.24) is 5.32 Å². The molecule has 0 saturated carbocycles. The zero-order valence-electron chi connectivity index (χ0n) is 14.8. The second kappa shape index (κ2) is 10.4. The number of hydrogen-bond donors (Lipinski definition) is 3. The van der Waals surface area contributed by atoms with Crippen molar-refractivity contribution in [1.29, 1.82) is 0 Å². The highest BCUT2D eigenvalue weighted by Gasteiger charge is 2.20. The summed E-state index contributed by atoms with van der Waals surface area (Å²) in [5.74, 6) is 0.630. The van der Waals surface area contributed by atoms with E-state index < -0.39 is 18.3 Å². The Morgan fingerprint density at radius 3 is 2.62 bits per heavy atom. The largest absolute Gasteiger partial charge is 0.494 e. The number of benzene rings is 2. The van der Waals surface area contributed by atoms with E-state index in [-0.39, 0.29) is 13.2 Å². The predicted molar refractivity (Wildman–Crippen MR) is 97.8 cm³/mol. The van der Waals surface area contributed by atoms with Gasteiger partial charge in [0.05, 0.1) is 6.61 Å². The molecule has 140 valence electrons. The van der Waals surface area contributed by atoms with Gasteiger partial charge in [0.2, 0.25) is 0 Å². The van der Waals surface area contributed by atoms with Crippen LogP contribution in [0, 0.1) is 0 Å². The molecule has 6 nitrogen and oxygen atoms in total. The Balaban J connectivity index is 1.79. The number of hydrogen-bond acceptors (Lipinski definition) is 5. The normalized spacial score (nSPS) is 12.9. The molecule has 6 heteroatoms. The molecule has 2 aromatic rings. The smallest absolute Gasteiger partial charge is 0.407 e. The standard InChI is InChI=1S/C20H25NO5/c1-2-11-25-17-10-6-9-16(12-17)19(23)18(22)13-21-20(24)26-14-15-7-4-3-5-8-15/h3-10,12,18-19,22-23H,2,11,13-14H2,1H3,(H,21,24). The first-order valence-corrected chi connectivity index (χ1v) is 8.63. The zero-order chi connectivity index (χ0) is 18.8. The number of carbonyl (C=O) groups excluding carboxylic acids is 1. The second-order valence-electron chi connectivity index (χ2n) is 5.88. The SMILES string of the molecule is CCCOc1cccc(C(O)C(O)CNC(=O)OCc2ccccc2)c1. The predicted octanol–water partition coefficient (Wildman–Crippen LogP) is 2.80. The molecule has 0 aliphatic rings. The Morgan fingerprint density at radius 1 is 1.12 bits per heavy atom. The van der Waals surface area contributed by atoms with Crippen LogP contribution in [-0.4, -0.2) is 35.6 Å².